The summed E-state index contributed by atoms with van der Waals surface area (Å²) in [7, 11) is 1.84. The minimum atomic E-state index is -0.0604. The van der Waals surface area contributed by atoms with Crippen molar-refractivity contribution in [1.29, 1.82) is 0 Å². The van der Waals surface area contributed by atoms with E-state index in [0.717, 1.165) is 11.3 Å². The second-order valence-corrected chi connectivity index (χ2v) is 4.85. The van der Waals surface area contributed by atoms with Crippen LogP contribution in [0, 0.1) is 5.92 Å². The van der Waals surface area contributed by atoms with Crippen molar-refractivity contribution in [3.63, 3.8) is 0 Å². The Kier molecular flexibility index (Phi) is 4.90. The van der Waals surface area contributed by atoms with Gasteiger partial charge in [0.1, 0.15) is 0 Å². The fourth-order valence-corrected chi connectivity index (χ4v) is 1.99. The summed E-state index contributed by atoms with van der Waals surface area (Å²) in [5.74, 6) is -0.0367. The molecule has 1 aromatic heterocycles. The van der Waals surface area contributed by atoms with Gasteiger partial charge in [-0.2, -0.15) is 5.10 Å². The predicted octanol–water partition coefficient (Wildman–Crippen LogP) is 1.73. The van der Waals surface area contributed by atoms with Gasteiger partial charge in [-0.15, -0.1) is 0 Å². The maximum Gasteiger partial charge on any atom is 0.228 e. The van der Waals surface area contributed by atoms with Gasteiger partial charge in [0.25, 0.3) is 0 Å². The van der Waals surface area contributed by atoms with Gasteiger partial charge in [0.05, 0.1) is 6.54 Å². The molecule has 1 amide bonds. The second kappa shape index (κ2) is 6.86. The molecular weight excluding hydrogens is 252 g/mol. The van der Waals surface area contributed by atoms with Crippen LogP contribution in [-0.4, -0.2) is 29.3 Å². The molecule has 2 N–H and O–H groups in total. The average Bonchev–Trinajstić information content (AvgIpc) is 2.92. The largest absolute Gasteiger partial charge is 0.326 e. The maximum absolute atomic E-state index is 12.0. The van der Waals surface area contributed by atoms with Crippen molar-refractivity contribution in [3.05, 3.63) is 48.3 Å². The highest BCUT2D eigenvalue weighted by Crippen LogP contribution is 2.13. The number of carbonyl (C=O) groups excluding carboxylic acids is 1. The van der Waals surface area contributed by atoms with Crippen molar-refractivity contribution in [2.75, 3.05) is 18.9 Å². The van der Waals surface area contributed by atoms with E-state index < -0.39 is 0 Å². The van der Waals surface area contributed by atoms with E-state index in [1.165, 1.54) is 0 Å². The average molecular weight is 272 g/mol. The standard InChI is InChI=1S/C15H20N4O/c1-12(10-16-2)15(20)18-14-6-3-5-13(9-14)11-19-8-4-7-17-19/h3-9,12,16H,10-11H2,1-2H3,(H,18,20). The van der Waals surface area contributed by atoms with Gasteiger partial charge in [-0.25, -0.2) is 0 Å². The van der Waals surface area contributed by atoms with Gasteiger partial charge in [-0.3, -0.25) is 9.48 Å². The van der Waals surface area contributed by atoms with Gasteiger partial charge in [-0.05, 0) is 30.8 Å². The van der Waals surface area contributed by atoms with Gasteiger partial charge in [0, 0.05) is 30.5 Å². The number of aromatic nitrogens is 2. The first kappa shape index (κ1) is 14.3. The first-order valence-corrected chi connectivity index (χ1v) is 6.71. The molecule has 0 bridgehead atoms. The third kappa shape index (κ3) is 3.93. The van der Waals surface area contributed by atoms with Crippen LogP contribution in [0.2, 0.25) is 0 Å². The molecule has 0 radical (unpaired) electrons. The monoisotopic (exact) mass is 272 g/mol. The number of nitrogens with one attached hydrogen (secondary N) is 2. The number of anilines is 1. The number of amides is 1. The van der Waals surface area contributed by atoms with E-state index in [-0.39, 0.29) is 11.8 Å². The Morgan fingerprint density at radius 1 is 1.40 bits per heavy atom. The van der Waals surface area contributed by atoms with Gasteiger partial charge < -0.3 is 10.6 Å². The molecule has 5 heteroatoms. The Morgan fingerprint density at radius 3 is 2.95 bits per heavy atom. The zero-order valence-corrected chi connectivity index (χ0v) is 11.8. The molecule has 1 unspecified atom stereocenters. The van der Waals surface area contributed by atoms with Crippen LogP contribution in [0.15, 0.2) is 42.7 Å². The Hall–Kier alpha value is -2.14. The van der Waals surface area contributed by atoms with Crippen molar-refractivity contribution in [2.45, 2.75) is 13.5 Å². The summed E-state index contributed by atoms with van der Waals surface area (Å²) in [6.07, 6.45) is 3.67. The molecule has 0 saturated carbocycles. The SMILES string of the molecule is CNCC(C)C(=O)Nc1cccc(Cn2cccn2)c1. The lowest BCUT2D eigenvalue weighted by molar-refractivity contribution is -0.119. The third-order valence-electron chi connectivity index (χ3n) is 3.06. The van der Waals surface area contributed by atoms with Crippen molar-refractivity contribution in [1.82, 2.24) is 15.1 Å². The molecule has 1 heterocycles. The maximum atomic E-state index is 12.0. The summed E-state index contributed by atoms with van der Waals surface area (Å²) in [5.41, 5.74) is 1.93. The van der Waals surface area contributed by atoms with E-state index in [9.17, 15) is 4.79 Å². The van der Waals surface area contributed by atoms with E-state index in [1.807, 2.05) is 55.2 Å². The number of rotatable bonds is 6. The van der Waals surface area contributed by atoms with Crippen LogP contribution in [-0.2, 0) is 11.3 Å². The molecule has 1 atom stereocenters. The highest BCUT2D eigenvalue weighted by molar-refractivity contribution is 5.92. The minimum Gasteiger partial charge on any atom is -0.326 e. The smallest absolute Gasteiger partial charge is 0.228 e. The Morgan fingerprint density at radius 2 is 2.25 bits per heavy atom. The Bertz CT molecular complexity index is 551. The molecule has 0 spiro atoms. The van der Waals surface area contributed by atoms with Crippen LogP contribution in [0.5, 0.6) is 0 Å². The fraction of sp³-hybridized carbons (Fsp3) is 0.333. The van der Waals surface area contributed by atoms with E-state index in [1.54, 1.807) is 6.20 Å². The van der Waals surface area contributed by atoms with Crippen LogP contribution in [0.1, 0.15) is 12.5 Å². The molecule has 0 fully saturated rings. The van der Waals surface area contributed by atoms with Crippen molar-refractivity contribution >= 4 is 11.6 Å². The topological polar surface area (TPSA) is 59.0 Å². The normalized spacial score (nSPS) is 12.1. The molecule has 0 aliphatic heterocycles. The van der Waals surface area contributed by atoms with Gasteiger partial charge in [0.2, 0.25) is 5.91 Å². The highest BCUT2D eigenvalue weighted by Gasteiger charge is 2.11. The van der Waals surface area contributed by atoms with E-state index in [0.29, 0.717) is 13.1 Å². The Balaban J connectivity index is 2.00. The van der Waals surface area contributed by atoms with Gasteiger partial charge in [0.15, 0.2) is 0 Å². The zero-order valence-electron chi connectivity index (χ0n) is 11.8. The molecule has 0 aliphatic carbocycles. The van der Waals surface area contributed by atoms with Crippen molar-refractivity contribution in [3.8, 4) is 0 Å². The number of hydrogen-bond donors (Lipinski definition) is 2. The van der Waals surface area contributed by atoms with E-state index in [4.69, 9.17) is 0 Å². The van der Waals surface area contributed by atoms with Crippen molar-refractivity contribution in [2.24, 2.45) is 5.92 Å². The second-order valence-electron chi connectivity index (χ2n) is 4.85. The van der Waals surface area contributed by atoms with Crippen LogP contribution < -0.4 is 10.6 Å². The van der Waals surface area contributed by atoms with Crippen LogP contribution >= 0.6 is 0 Å². The Labute approximate surface area is 119 Å². The first-order chi connectivity index (χ1) is 9.69. The molecule has 0 aliphatic rings. The lowest BCUT2D eigenvalue weighted by Gasteiger charge is -2.12. The molecule has 2 aromatic rings. The molecule has 5 nitrogen and oxygen atoms in total. The quantitative estimate of drug-likeness (QED) is 0.842. The fourth-order valence-electron chi connectivity index (χ4n) is 1.99. The lowest BCUT2D eigenvalue weighted by Crippen LogP contribution is -2.28. The first-order valence-electron chi connectivity index (χ1n) is 6.71. The van der Waals surface area contributed by atoms with E-state index >= 15 is 0 Å². The number of benzene rings is 1. The third-order valence-corrected chi connectivity index (χ3v) is 3.06. The van der Waals surface area contributed by atoms with Crippen molar-refractivity contribution < 1.29 is 4.79 Å². The summed E-state index contributed by atoms with van der Waals surface area (Å²) in [6.45, 7) is 3.26. The summed E-state index contributed by atoms with van der Waals surface area (Å²) in [5, 5.41) is 10.1. The van der Waals surface area contributed by atoms with Crippen LogP contribution in [0.3, 0.4) is 0 Å². The molecule has 1 aromatic carbocycles. The summed E-state index contributed by atoms with van der Waals surface area (Å²) >= 11 is 0. The summed E-state index contributed by atoms with van der Waals surface area (Å²) < 4.78 is 1.85. The summed E-state index contributed by atoms with van der Waals surface area (Å²) in [6, 6.07) is 9.73. The minimum absolute atomic E-state index is 0.0237. The predicted molar refractivity (Wildman–Crippen MR) is 79.5 cm³/mol. The van der Waals surface area contributed by atoms with Gasteiger partial charge >= 0.3 is 0 Å². The number of nitrogens with zero attached hydrogens (tertiary/aromatic N) is 2. The molecule has 106 valence electrons. The lowest BCUT2D eigenvalue weighted by atomic mass is 10.1. The van der Waals surface area contributed by atoms with E-state index in [2.05, 4.69) is 15.7 Å². The summed E-state index contributed by atoms with van der Waals surface area (Å²) in [4.78, 5) is 12.0. The molecule has 0 saturated heterocycles. The van der Waals surface area contributed by atoms with Crippen LogP contribution in [0.25, 0.3) is 0 Å². The molecule has 20 heavy (non-hydrogen) atoms. The zero-order chi connectivity index (χ0) is 14.4. The number of hydrogen-bond acceptors (Lipinski definition) is 3. The molecular formula is C15H20N4O. The number of carbonyl (C=O) groups is 1. The highest BCUT2D eigenvalue weighted by atomic mass is 16.1. The van der Waals surface area contributed by atoms with Gasteiger partial charge in [-0.1, -0.05) is 19.1 Å². The molecule has 2 rings (SSSR count). The van der Waals surface area contributed by atoms with Crippen LogP contribution in [0.4, 0.5) is 5.69 Å².